The van der Waals surface area contributed by atoms with Gasteiger partial charge < -0.3 is 9.64 Å². The van der Waals surface area contributed by atoms with E-state index in [0.29, 0.717) is 24.1 Å². The second-order valence-electron chi connectivity index (χ2n) is 7.81. The SMILES string of the molecule is CC[C@@H]1CN(Cc2ccc(F)cc2)CCN1C(=O)COc1ccc(Br)cc1NS(C)(=O)=O. The van der Waals surface area contributed by atoms with Gasteiger partial charge in [0.05, 0.1) is 11.9 Å². The van der Waals surface area contributed by atoms with E-state index in [0.717, 1.165) is 24.8 Å². The molecule has 1 atom stereocenters. The molecule has 0 saturated carbocycles. The first-order chi connectivity index (χ1) is 15.1. The number of anilines is 1. The summed E-state index contributed by atoms with van der Waals surface area (Å²) in [5.74, 6) is -0.113. The van der Waals surface area contributed by atoms with Gasteiger partial charge in [0, 0.05) is 36.7 Å². The lowest BCUT2D eigenvalue weighted by Gasteiger charge is -2.41. The molecule has 7 nitrogen and oxygen atoms in total. The van der Waals surface area contributed by atoms with Gasteiger partial charge in [0.15, 0.2) is 6.61 Å². The number of carbonyl (C=O) groups excluding carboxylic acids is 1. The maximum atomic E-state index is 13.1. The molecule has 0 aromatic heterocycles. The number of benzene rings is 2. The normalized spacial score (nSPS) is 17.2. The first-order valence-corrected chi connectivity index (χ1v) is 13.0. The third-order valence-electron chi connectivity index (χ3n) is 5.27. The number of piperazine rings is 1. The molecule has 1 amide bonds. The van der Waals surface area contributed by atoms with Crippen LogP contribution in [0.3, 0.4) is 0 Å². The predicted octanol–water partition coefficient (Wildman–Crippen LogP) is 3.46. The Morgan fingerprint density at radius 2 is 1.94 bits per heavy atom. The van der Waals surface area contributed by atoms with Gasteiger partial charge in [0.1, 0.15) is 11.6 Å². The van der Waals surface area contributed by atoms with E-state index >= 15 is 0 Å². The van der Waals surface area contributed by atoms with Crippen molar-refractivity contribution in [2.75, 3.05) is 37.2 Å². The fraction of sp³-hybridized carbons (Fsp3) is 0.409. The molecule has 10 heteroatoms. The number of hydrogen-bond donors (Lipinski definition) is 1. The number of sulfonamides is 1. The van der Waals surface area contributed by atoms with Crippen LogP contribution in [-0.4, -0.2) is 62.7 Å². The van der Waals surface area contributed by atoms with Crippen LogP contribution in [0.1, 0.15) is 18.9 Å². The maximum Gasteiger partial charge on any atom is 0.260 e. The Kier molecular flexibility index (Phi) is 8.13. The second-order valence-corrected chi connectivity index (χ2v) is 10.5. The monoisotopic (exact) mass is 527 g/mol. The van der Waals surface area contributed by atoms with Crippen LogP contribution in [0, 0.1) is 5.82 Å². The Balaban J connectivity index is 1.60. The molecule has 32 heavy (non-hydrogen) atoms. The van der Waals surface area contributed by atoms with Crippen LogP contribution in [0.15, 0.2) is 46.9 Å². The van der Waals surface area contributed by atoms with Gasteiger partial charge in [0.2, 0.25) is 10.0 Å². The molecule has 2 aromatic carbocycles. The fourth-order valence-corrected chi connectivity index (χ4v) is 4.64. The molecular weight excluding hydrogens is 501 g/mol. The highest BCUT2D eigenvalue weighted by molar-refractivity contribution is 9.10. The zero-order valence-electron chi connectivity index (χ0n) is 18.1. The average molecular weight is 528 g/mol. The van der Waals surface area contributed by atoms with Crippen LogP contribution in [0.2, 0.25) is 0 Å². The van der Waals surface area contributed by atoms with Gasteiger partial charge >= 0.3 is 0 Å². The fourth-order valence-electron chi connectivity index (χ4n) is 3.72. The second kappa shape index (κ2) is 10.6. The van der Waals surface area contributed by atoms with Crippen LogP contribution in [0.5, 0.6) is 5.75 Å². The van der Waals surface area contributed by atoms with Crippen molar-refractivity contribution >= 4 is 37.5 Å². The largest absolute Gasteiger partial charge is 0.482 e. The Morgan fingerprint density at radius 3 is 2.59 bits per heavy atom. The van der Waals surface area contributed by atoms with E-state index < -0.39 is 10.0 Å². The van der Waals surface area contributed by atoms with E-state index in [2.05, 4.69) is 25.6 Å². The molecule has 0 spiro atoms. The smallest absolute Gasteiger partial charge is 0.260 e. The number of nitrogens with zero attached hydrogens (tertiary/aromatic N) is 2. The van der Waals surface area contributed by atoms with E-state index in [1.54, 1.807) is 30.3 Å². The van der Waals surface area contributed by atoms with Crippen molar-refractivity contribution in [3.8, 4) is 5.75 Å². The molecule has 1 fully saturated rings. The van der Waals surface area contributed by atoms with Crippen molar-refractivity contribution in [1.82, 2.24) is 9.80 Å². The van der Waals surface area contributed by atoms with Crippen LogP contribution in [0.25, 0.3) is 0 Å². The molecule has 1 aliphatic heterocycles. The van der Waals surface area contributed by atoms with Gasteiger partial charge in [-0.3, -0.25) is 14.4 Å². The summed E-state index contributed by atoms with van der Waals surface area (Å²) >= 11 is 3.31. The molecule has 0 unspecified atom stereocenters. The standard InChI is InChI=1S/C22H27BrFN3O4S/c1-3-19-14-26(13-16-4-7-18(24)8-5-16)10-11-27(19)22(28)15-31-21-9-6-17(23)12-20(21)25-32(2,29)30/h4-9,12,19,25H,3,10-11,13-15H2,1-2H3/t19-/m1/s1. The van der Waals surface area contributed by atoms with Crippen LogP contribution in [-0.2, 0) is 21.4 Å². The molecule has 1 heterocycles. The summed E-state index contributed by atoms with van der Waals surface area (Å²) in [6, 6.07) is 11.4. The number of halogens is 2. The van der Waals surface area contributed by atoms with Crippen molar-refractivity contribution in [3.05, 3.63) is 58.3 Å². The average Bonchev–Trinajstić information content (AvgIpc) is 2.73. The summed E-state index contributed by atoms with van der Waals surface area (Å²) in [7, 11) is -3.50. The molecule has 0 bridgehead atoms. The van der Waals surface area contributed by atoms with Gasteiger partial charge in [-0.05, 0) is 42.3 Å². The van der Waals surface area contributed by atoms with E-state index in [1.807, 2.05) is 11.8 Å². The summed E-state index contributed by atoms with van der Waals surface area (Å²) in [5, 5.41) is 0. The van der Waals surface area contributed by atoms with Crippen LogP contribution in [0.4, 0.5) is 10.1 Å². The molecule has 2 aromatic rings. The highest BCUT2D eigenvalue weighted by Gasteiger charge is 2.29. The highest BCUT2D eigenvalue weighted by atomic mass is 79.9. The molecule has 1 aliphatic rings. The van der Waals surface area contributed by atoms with Crippen molar-refractivity contribution in [2.24, 2.45) is 0 Å². The Hall–Kier alpha value is -2.17. The molecule has 0 aliphatic carbocycles. The van der Waals surface area contributed by atoms with E-state index in [1.165, 1.54) is 12.1 Å². The Labute approximate surface area is 196 Å². The van der Waals surface area contributed by atoms with E-state index in [-0.39, 0.29) is 35.8 Å². The quantitative estimate of drug-likeness (QED) is 0.568. The summed E-state index contributed by atoms with van der Waals surface area (Å²) in [6.07, 6.45) is 1.85. The number of rotatable bonds is 8. The number of hydrogen-bond acceptors (Lipinski definition) is 5. The summed E-state index contributed by atoms with van der Waals surface area (Å²) in [4.78, 5) is 17.0. The maximum absolute atomic E-state index is 13.1. The third kappa shape index (κ3) is 6.91. The molecular formula is C22H27BrFN3O4S. The minimum Gasteiger partial charge on any atom is -0.482 e. The molecule has 1 N–H and O–H groups in total. The third-order valence-corrected chi connectivity index (χ3v) is 6.35. The van der Waals surface area contributed by atoms with Crippen molar-refractivity contribution in [1.29, 1.82) is 0 Å². The van der Waals surface area contributed by atoms with Crippen LogP contribution < -0.4 is 9.46 Å². The summed E-state index contributed by atoms with van der Waals surface area (Å²) in [6.45, 7) is 4.55. The Morgan fingerprint density at radius 1 is 1.22 bits per heavy atom. The number of nitrogens with one attached hydrogen (secondary N) is 1. The first kappa shape index (κ1) is 24.5. The first-order valence-electron chi connectivity index (χ1n) is 10.3. The lowest BCUT2D eigenvalue weighted by molar-refractivity contribution is -0.138. The molecule has 174 valence electrons. The van der Waals surface area contributed by atoms with Gasteiger partial charge in [-0.25, -0.2) is 12.8 Å². The van der Waals surface area contributed by atoms with Gasteiger partial charge in [-0.15, -0.1) is 0 Å². The number of carbonyl (C=O) groups is 1. The van der Waals surface area contributed by atoms with Crippen LogP contribution >= 0.6 is 15.9 Å². The topological polar surface area (TPSA) is 79.0 Å². The lowest BCUT2D eigenvalue weighted by atomic mass is 10.1. The van der Waals surface area contributed by atoms with Gasteiger partial charge in [-0.1, -0.05) is 35.0 Å². The predicted molar refractivity (Wildman–Crippen MR) is 126 cm³/mol. The highest BCUT2D eigenvalue weighted by Crippen LogP contribution is 2.29. The zero-order chi connectivity index (χ0) is 23.3. The number of ether oxygens (including phenoxy) is 1. The molecule has 0 radical (unpaired) electrons. The summed E-state index contributed by atoms with van der Waals surface area (Å²) in [5.41, 5.74) is 1.30. The molecule has 1 saturated heterocycles. The van der Waals surface area contributed by atoms with Crippen molar-refractivity contribution < 1.29 is 22.3 Å². The summed E-state index contributed by atoms with van der Waals surface area (Å²) < 4.78 is 45.2. The van der Waals surface area contributed by atoms with E-state index in [4.69, 9.17) is 4.74 Å². The minimum atomic E-state index is -3.50. The Bertz CT molecular complexity index is 1050. The van der Waals surface area contributed by atoms with Crippen molar-refractivity contribution in [2.45, 2.75) is 25.9 Å². The van der Waals surface area contributed by atoms with Gasteiger partial charge in [-0.2, -0.15) is 0 Å². The minimum absolute atomic E-state index is 0.0406. The molecule has 3 rings (SSSR count). The van der Waals surface area contributed by atoms with Crippen molar-refractivity contribution in [3.63, 3.8) is 0 Å². The zero-order valence-corrected chi connectivity index (χ0v) is 20.5. The number of amides is 1. The van der Waals surface area contributed by atoms with Gasteiger partial charge in [0.25, 0.3) is 5.91 Å². The van der Waals surface area contributed by atoms with E-state index in [9.17, 15) is 17.6 Å². The lowest BCUT2D eigenvalue weighted by Crippen LogP contribution is -2.55.